The highest BCUT2D eigenvalue weighted by atomic mass is 16.8. The van der Waals surface area contributed by atoms with Crippen molar-refractivity contribution in [3.63, 3.8) is 0 Å². The van der Waals surface area contributed by atoms with Crippen LogP contribution in [0.1, 0.15) is 38.8 Å². The van der Waals surface area contributed by atoms with Crippen LogP contribution in [-0.4, -0.2) is 83.9 Å². The summed E-state index contributed by atoms with van der Waals surface area (Å²) >= 11 is 0. The summed E-state index contributed by atoms with van der Waals surface area (Å²) in [4.78, 5) is 13.7. The van der Waals surface area contributed by atoms with E-state index in [2.05, 4.69) is 53.4 Å². The maximum atomic E-state index is 11.3. The number of hydrogen-bond acceptors (Lipinski definition) is 8. The van der Waals surface area contributed by atoms with E-state index >= 15 is 0 Å². The zero-order chi connectivity index (χ0) is 27.6. The quantitative estimate of drug-likeness (QED) is 0.458. The molecule has 0 bridgehead atoms. The second-order valence-electron chi connectivity index (χ2n) is 11.3. The first kappa shape index (κ1) is 28.2. The molecule has 39 heavy (non-hydrogen) atoms. The molecule has 3 aliphatic rings. The van der Waals surface area contributed by atoms with Gasteiger partial charge in [0, 0.05) is 19.6 Å². The fraction of sp³-hybridized carbons (Fsp3) is 0.567. The van der Waals surface area contributed by atoms with Crippen LogP contribution in [0, 0.1) is 0 Å². The van der Waals surface area contributed by atoms with Gasteiger partial charge in [0.25, 0.3) is 0 Å². The molecule has 2 heterocycles. The number of carboxylic acids is 1. The molecule has 2 aromatic carbocycles. The van der Waals surface area contributed by atoms with Gasteiger partial charge in [0.05, 0.1) is 6.61 Å². The molecule has 1 saturated carbocycles. The molecule has 2 saturated heterocycles. The van der Waals surface area contributed by atoms with E-state index in [0.29, 0.717) is 13.2 Å². The minimum absolute atomic E-state index is 0.436. The lowest BCUT2D eigenvalue weighted by atomic mass is 9.84. The highest BCUT2D eigenvalue weighted by molar-refractivity contribution is 5.68. The molecule has 6 atom stereocenters. The van der Waals surface area contributed by atoms with Gasteiger partial charge in [-0.15, -0.1) is 0 Å². The van der Waals surface area contributed by atoms with Crippen LogP contribution in [0.3, 0.4) is 0 Å². The number of carboxylic acid groups (broad SMARTS) is 1. The summed E-state index contributed by atoms with van der Waals surface area (Å²) < 4.78 is 37.4. The number of hydrogen-bond donors (Lipinski definition) is 1. The van der Waals surface area contributed by atoms with Crippen molar-refractivity contribution < 1.29 is 38.3 Å². The van der Waals surface area contributed by atoms with Crippen molar-refractivity contribution in [3.8, 4) is 0 Å². The summed E-state index contributed by atoms with van der Waals surface area (Å²) in [6.45, 7) is 9.55. The summed E-state index contributed by atoms with van der Waals surface area (Å²) in [5, 5.41) is 9.26. The van der Waals surface area contributed by atoms with Crippen molar-refractivity contribution in [2.75, 3.05) is 19.8 Å². The van der Waals surface area contributed by atoms with Crippen LogP contribution in [-0.2, 0) is 46.3 Å². The Kier molecular flexibility index (Phi) is 8.40. The van der Waals surface area contributed by atoms with Crippen LogP contribution >= 0.6 is 0 Å². The van der Waals surface area contributed by atoms with Crippen molar-refractivity contribution >= 4 is 5.97 Å². The lowest BCUT2D eigenvalue weighted by Gasteiger charge is -2.42. The molecule has 212 valence electrons. The summed E-state index contributed by atoms with van der Waals surface area (Å²) in [7, 11) is 0. The van der Waals surface area contributed by atoms with Gasteiger partial charge in [-0.1, -0.05) is 60.7 Å². The number of ether oxygens (including phenoxy) is 6. The van der Waals surface area contributed by atoms with E-state index < -0.39 is 60.8 Å². The Morgan fingerprint density at radius 3 is 1.56 bits per heavy atom. The van der Waals surface area contributed by atoms with Gasteiger partial charge < -0.3 is 33.5 Å². The zero-order valence-electron chi connectivity index (χ0n) is 23.0. The maximum Gasteiger partial charge on any atom is 0.329 e. The second kappa shape index (κ2) is 11.6. The Balaban J connectivity index is 1.32. The smallest absolute Gasteiger partial charge is 0.329 e. The topological polar surface area (TPSA) is 95.9 Å². The normalized spacial score (nSPS) is 30.7. The van der Waals surface area contributed by atoms with E-state index in [1.165, 1.54) is 11.1 Å². The number of rotatable bonds is 11. The molecule has 9 heteroatoms. The van der Waals surface area contributed by atoms with Crippen molar-refractivity contribution in [1.82, 2.24) is 4.90 Å². The Bertz CT molecular complexity index is 1020. The molecule has 3 fully saturated rings. The fourth-order valence-electron chi connectivity index (χ4n) is 5.79. The number of carbonyl (C=O) groups is 1. The molecule has 0 unspecified atom stereocenters. The van der Waals surface area contributed by atoms with E-state index in [-0.39, 0.29) is 0 Å². The molecular formula is C30H39NO8. The average molecular weight is 542 g/mol. The zero-order valence-corrected chi connectivity index (χ0v) is 23.0. The number of fused-ring (bicyclic) bond motifs is 2. The van der Waals surface area contributed by atoms with Crippen LogP contribution < -0.4 is 0 Å². The first-order valence-electron chi connectivity index (χ1n) is 13.6. The predicted octanol–water partition coefficient (Wildman–Crippen LogP) is 3.60. The molecule has 2 aromatic rings. The molecule has 1 aliphatic carbocycles. The Morgan fingerprint density at radius 1 is 0.744 bits per heavy atom. The van der Waals surface area contributed by atoms with Crippen LogP contribution in [0.5, 0.6) is 0 Å². The fourth-order valence-corrected chi connectivity index (χ4v) is 5.79. The van der Waals surface area contributed by atoms with Crippen molar-refractivity contribution in [3.05, 3.63) is 71.8 Å². The van der Waals surface area contributed by atoms with E-state index in [4.69, 9.17) is 28.4 Å². The molecule has 0 amide bonds. The predicted molar refractivity (Wildman–Crippen MR) is 142 cm³/mol. The molecular weight excluding hydrogens is 502 g/mol. The van der Waals surface area contributed by atoms with Gasteiger partial charge in [0.15, 0.2) is 11.6 Å². The first-order valence-corrected chi connectivity index (χ1v) is 13.6. The third-order valence-corrected chi connectivity index (χ3v) is 7.24. The van der Waals surface area contributed by atoms with Gasteiger partial charge >= 0.3 is 5.97 Å². The van der Waals surface area contributed by atoms with Gasteiger partial charge in [0.1, 0.15) is 43.2 Å². The minimum atomic E-state index is -1.06. The summed E-state index contributed by atoms with van der Waals surface area (Å²) in [5.41, 5.74) is 2.46. The van der Waals surface area contributed by atoms with Crippen molar-refractivity contribution in [2.45, 2.75) is 89.0 Å². The van der Waals surface area contributed by atoms with Gasteiger partial charge in [0.2, 0.25) is 0 Å². The molecule has 2 aliphatic heterocycles. The van der Waals surface area contributed by atoms with Crippen molar-refractivity contribution in [2.24, 2.45) is 0 Å². The van der Waals surface area contributed by atoms with Gasteiger partial charge in [-0.05, 0) is 38.8 Å². The second-order valence-corrected chi connectivity index (χ2v) is 11.3. The lowest BCUT2D eigenvalue weighted by molar-refractivity contribution is -0.191. The maximum absolute atomic E-state index is 11.3. The molecule has 5 rings (SSSR count). The van der Waals surface area contributed by atoms with Crippen LogP contribution in [0.2, 0.25) is 0 Å². The van der Waals surface area contributed by atoms with E-state index in [1.54, 1.807) is 0 Å². The van der Waals surface area contributed by atoms with Crippen LogP contribution in [0.25, 0.3) is 0 Å². The number of benzene rings is 2. The van der Waals surface area contributed by atoms with Gasteiger partial charge in [-0.2, -0.15) is 0 Å². The molecule has 1 N–H and O–H groups in total. The highest BCUT2D eigenvalue weighted by Gasteiger charge is 2.64. The minimum Gasteiger partial charge on any atom is -0.480 e. The third-order valence-electron chi connectivity index (χ3n) is 7.24. The summed E-state index contributed by atoms with van der Waals surface area (Å²) in [6.07, 6.45) is -3.29. The molecule has 0 spiro atoms. The van der Waals surface area contributed by atoms with Gasteiger partial charge in [-0.25, -0.2) is 4.79 Å². The lowest BCUT2D eigenvalue weighted by Crippen LogP contribution is -2.63. The van der Waals surface area contributed by atoms with E-state index in [0.717, 1.165) is 13.1 Å². The molecule has 0 radical (unpaired) electrons. The third kappa shape index (κ3) is 6.86. The summed E-state index contributed by atoms with van der Waals surface area (Å²) in [5.74, 6) is -2.83. The molecule has 9 nitrogen and oxygen atoms in total. The monoisotopic (exact) mass is 541 g/mol. The average Bonchev–Trinajstić information content (AvgIpc) is 3.38. The Labute approximate surface area is 229 Å². The SMILES string of the molecule is CC1(C)O[C@@H]2[C@@H](OCCN(Cc3ccccc3)Cc3ccccc3)[C@@H]3OC(C)(C)O[C@H]3[C@H](OCC(=O)O)[C@H]2O1. The first-order chi connectivity index (χ1) is 18.6. The number of aliphatic carboxylic acids is 1. The van der Waals surface area contributed by atoms with Crippen LogP contribution in [0.4, 0.5) is 0 Å². The van der Waals surface area contributed by atoms with E-state index in [9.17, 15) is 9.90 Å². The Morgan fingerprint density at radius 2 is 1.15 bits per heavy atom. The van der Waals surface area contributed by atoms with Crippen LogP contribution in [0.15, 0.2) is 60.7 Å². The van der Waals surface area contributed by atoms with Crippen molar-refractivity contribution in [1.29, 1.82) is 0 Å². The summed E-state index contributed by atoms with van der Waals surface area (Å²) in [6, 6.07) is 20.8. The number of nitrogens with zero attached hydrogens (tertiary/aromatic N) is 1. The Hall–Kier alpha value is -2.37. The highest BCUT2D eigenvalue weighted by Crippen LogP contribution is 2.46. The largest absolute Gasteiger partial charge is 0.480 e. The standard InChI is InChI=1S/C30H39NO8/c1-29(2)36-25-23(26-28(39-30(3,4)37-26)24(27(25)38-29)35-19-22(32)33)34-16-15-31(17-20-11-7-5-8-12-20)18-21-13-9-6-10-14-21/h5-14,23-28H,15-19H2,1-4H3,(H,32,33)/t23-,24-,25-,26+,27-,28+. The van der Waals surface area contributed by atoms with Gasteiger partial charge in [-0.3, -0.25) is 4.90 Å². The molecule has 0 aromatic heterocycles. The van der Waals surface area contributed by atoms with E-state index in [1.807, 2.05) is 39.8 Å².